The Morgan fingerprint density at radius 3 is 2.52 bits per heavy atom. The number of benzene rings is 1. The summed E-state index contributed by atoms with van der Waals surface area (Å²) in [6.45, 7) is 4.58. The van der Waals surface area contributed by atoms with Crippen molar-refractivity contribution in [2.75, 3.05) is 12.3 Å². The number of nitrogens with one attached hydrogen (secondary N) is 1. The zero-order chi connectivity index (χ0) is 16.0. The molecule has 0 aliphatic heterocycles. The number of anilines is 1. The molecule has 0 saturated heterocycles. The summed E-state index contributed by atoms with van der Waals surface area (Å²) in [4.78, 5) is -0.0311. The van der Waals surface area contributed by atoms with Crippen LogP contribution in [0.25, 0.3) is 0 Å². The summed E-state index contributed by atoms with van der Waals surface area (Å²) in [5.41, 5.74) is 5.75. The molecule has 0 saturated carbocycles. The fraction of sp³-hybridized carbons (Fsp3) is 0.571. The van der Waals surface area contributed by atoms with Crippen LogP contribution in [-0.4, -0.2) is 15.0 Å². The molecular formula is C14H22Cl2N2O2S. The van der Waals surface area contributed by atoms with Gasteiger partial charge in [-0.1, -0.05) is 56.3 Å². The predicted molar refractivity (Wildman–Crippen MR) is 89.4 cm³/mol. The Bertz CT molecular complexity index is 577. The third kappa shape index (κ3) is 5.02. The molecule has 1 rings (SSSR count). The number of nitrogens with two attached hydrogens (primary N) is 1. The minimum absolute atomic E-state index is 0.0309. The van der Waals surface area contributed by atoms with Gasteiger partial charge in [-0.2, -0.15) is 0 Å². The summed E-state index contributed by atoms with van der Waals surface area (Å²) in [6, 6.07) is 2.81. The molecule has 21 heavy (non-hydrogen) atoms. The fourth-order valence-electron chi connectivity index (χ4n) is 2.01. The summed E-state index contributed by atoms with van der Waals surface area (Å²) < 4.78 is 27.2. The lowest BCUT2D eigenvalue weighted by molar-refractivity contribution is 0.444. The highest BCUT2D eigenvalue weighted by Gasteiger charge is 2.21. The van der Waals surface area contributed by atoms with Crippen molar-refractivity contribution in [3.05, 3.63) is 22.2 Å². The summed E-state index contributed by atoms with van der Waals surface area (Å²) in [5.74, 6) is 0.322. The first kappa shape index (κ1) is 18.6. The van der Waals surface area contributed by atoms with Gasteiger partial charge in [-0.05, 0) is 24.5 Å². The maximum Gasteiger partial charge on any atom is 0.242 e. The van der Waals surface area contributed by atoms with Gasteiger partial charge in [0.25, 0.3) is 0 Å². The lowest BCUT2D eigenvalue weighted by Crippen LogP contribution is -2.29. The normalized spacial score (nSPS) is 13.3. The van der Waals surface area contributed by atoms with Crippen LogP contribution >= 0.6 is 23.2 Å². The van der Waals surface area contributed by atoms with E-state index in [-0.39, 0.29) is 20.6 Å². The van der Waals surface area contributed by atoms with E-state index in [0.29, 0.717) is 12.5 Å². The number of nitrogen functional groups attached to an aromatic ring is 1. The Kier molecular flexibility index (Phi) is 7.27. The number of sulfonamides is 1. The van der Waals surface area contributed by atoms with Gasteiger partial charge < -0.3 is 5.73 Å². The number of hydrogen-bond acceptors (Lipinski definition) is 3. The quantitative estimate of drug-likeness (QED) is 0.692. The van der Waals surface area contributed by atoms with Gasteiger partial charge in [-0.3, -0.25) is 0 Å². The highest BCUT2D eigenvalue weighted by atomic mass is 35.5. The van der Waals surface area contributed by atoms with Crippen molar-refractivity contribution in [1.29, 1.82) is 0 Å². The molecule has 1 atom stereocenters. The Balaban J connectivity index is 2.85. The Labute approximate surface area is 137 Å². The van der Waals surface area contributed by atoms with Crippen LogP contribution in [0.4, 0.5) is 5.69 Å². The molecule has 1 aromatic rings. The van der Waals surface area contributed by atoms with Crippen LogP contribution in [0.5, 0.6) is 0 Å². The maximum atomic E-state index is 12.3. The van der Waals surface area contributed by atoms with Gasteiger partial charge >= 0.3 is 0 Å². The van der Waals surface area contributed by atoms with Crippen LogP contribution in [-0.2, 0) is 10.0 Å². The van der Waals surface area contributed by atoms with Gasteiger partial charge in [0.2, 0.25) is 10.0 Å². The summed E-state index contributed by atoms with van der Waals surface area (Å²) in [6.07, 6.45) is 4.13. The Hall–Kier alpha value is -0.490. The van der Waals surface area contributed by atoms with Crippen LogP contribution in [0.15, 0.2) is 17.0 Å². The number of hydrogen-bond donors (Lipinski definition) is 2. The molecule has 4 nitrogen and oxygen atoms in total. The Morgan fingerprint density at radius 2 is 1.95 bits per heavy atom. The molecule has 0 aliphatic rings. The monoisotopic (exact) mass is 352 g/mol. The molecule has 0 bridgehead atoms. The van der Waals surface area contributed by atoms with E-state index >= 15 is 0 Å². The molecule has 0 heterocycles. The molecule has 1 unspecified atom stereocenters. The molecular weight excluding hydrogens is 331 g/mol. The predicted octanol–water partition coefficient (Wildman–Crippen LogP) is 4.07. The topological polar surface area (TPSA) is 72.2 Å². The average molecular weight is 353 g/mol. The Morgan fingerprint density at radius 1 is 1.29 bits per heavy atom. The minimum atomic E-state index is -3.68. The second-order valence-electron chi connectivity index (χ2n) is 5.04. The van der Waals surface area contributed by atoms with Crippen molar-refractivity contribution >= 4 is 38.9 Å². The highest BCUT2D eigenvalue weighted by molar-refractivity contribution is 7.89. The van der Waals surface area contributed by atoms with E-state index in [1.807, 2.05) is 0 Å². The molecule has 0 spiro atoms. The van der Waals surface area contributed by atoms with Crippen LogP contribution in [0.2, 0.25) is 10.0 Å². The van der Waals surface area contributed by atoms with Gasteiger partial charge in [-0.25, -0.2) is 13.1 Å². The van der Waals surface area contributed by atoms with Crippen LogP contribution in [0.1, 0.15) is 39.5 Å². The van der Waals surface area contributed by atoms with E-state index in [1.165, 1.54) is 12.1 Å². The zero-order valence-corrected chi connectivity index (χ0v) is 14.7. The molecule has 1 aromatic carbocycles. The third-order valence-electron chi connectivity index (χ3n) is 3.49. The largest absolute Gasteiger partial charge is 0.396 e. The number of halogens is 2. The van der Waals surface area contributed by atoms with Crippen molar-refractivity contribution in [3.8, 4) is 0 Å². The van der Waals surface area contributed by atoms with E-state index in [1.54, 1.807) is 0 Å². The molecule has 120 valence electrons. The van der Waals surface area contributed by atoms with Gasteiger partial charge in [0.15, 0.2) is 0 Å². The smallest absolute Gasteiger partial charge is 0.242 e. The molecule has 7 heteroatoms. The number of rotatable bonds is 8. The zero-order valence-electron chi connectivity index (χ0n) is 12.3. The van der Waals surface area contributed by atoms with Crippen molar-refractivity contribution in [3.63, 3.8) is 0 Å². The van der Waals surface area contributed by atoms with Crippen LogP contribution in [0.3, 0.4) is 0 Å². The molecule has 0 aromatic heterocycles. The first-order valence-electron chi connectivity index (χ1n) is 7.06. The van der Waals surface area contributed by atoms with Crippen molar-refractivity contribution in [1.82, 2.24) is 4.72 Å². The molecule has 0 radical (unpaired) electrons. The SMILES string of the molecule is CCCCC(CC)CNS(=O)(=O)c1ccc(Cl)c(N)c1Cl. The molecule has 0 amide bonds. The first-order valence-corrected chi connectivity index (χ1v) is 9.30. The fourth-order valence-corrected chi connectivity index (χ4v) is 3.88. The molecule has 3 N–H and O–H groups in total. The lowest BCUT2D eigenvalue weighted by atomic mass is 10.00. The average Bonchev–Trinajstić information content (AvgIpc) is 2.44. The highest BCUT2D eigenvalue weighted by Crippen LogP contribution is 2.33. The lowest BCUT2D eigenvalue weighted by Gasteiger charge is -2.16. The number of unbranched alkanes of at least 4 members (excludes halogenated alkanes) is 1. The van der Waals surface area contributed by atoms with Gasteiger partial charge in [0.1, 0.15) is 4.90 Å². The first-order chi connectivity index (χ1) is 9.83. The van der Waals surface area contributed by atoms with Crippen molar-refractivity contribution in [2.24, 2.45) is 5.92 Å². The summed E-state index contributed by atoms with van der Waals surface area (Å²) in [5, 5.41) is 0.213. The molecule has 0 fully saturated rings. The van der Waals surface area contributed by atoms with Crippen molar-refractivity contribution in [2.45, 2.75) is 44.4 Å². The van der Waals surface area contributed by atoms with E-state index in [2.05, 4.69) is 18.6 Å². The molecule has 0 aliphatic carbocycles. The van der Waals surface area contributed by atoms with E-state index in [4.69, 9.17) is 28.9 Å². The van der Waals surface area contributed by atoms with Gasteiger partial charge in [0, 0.05) is 6.54 Å². The van der Waals surface area contributed by atoms with E-state index < -0.39 is 10.0 Å². The second kappa shape index (κ2) is 8.22. The van der Waals surface area contributed by atoms with Gasteiger partial charge in [0.05, 0.1) is 15.7 Å². The van der Waals surface area contributed by atoms with E-state index in [9.17, 15) is 8.42 Å². The summed E-state index contributed by atoms with van der Waals surface area (Å²) in [7, 11) is -3.68. The van der Waals surface area contributed by atoms with Crippen LogP contribution < -0.4 is 10.5 Å². The third-order valence-corrected chi connectivity index (χ3v) is 5.80. The summed E-state index contributed by atoms with van der Waals surface area (Å²) >= 11 is 11.8. The van der Waals surface area contributed by atoms with Crippen LogP contribution in [0, 0.1) is 5.92 Å². The maximum absolute atomic E-state index is 12.3. The van der Waals surface area contributed by atoms with E-state index in [0.717, 1.165) is 25.7 Å². The van der Waals surface area contributed by atoms with Crippen molar-refractivity contribution < 1.29 is 8.42 Å². The minimum Gasteiger partial charge on any atom is -0.396 e. The second-order valence-corrected chi connectivity index (χ2v) is 7.56. The van der Waals surface area contributed by atoms with Gasteiger partial charge in [-0.15, -0.1) is 0 Å². The standard InChI is InChI=1S/C14H22Cl2N2O2S/c1-3-5-6-10(4-2)9-18-21(19,20)12-8-7-11(15)14(17)13(12)16/h7-8,10,18H,3-6,9,17H2,1-2H3.